The molecule has 0 aliphatic heterocycles. The SMILES string of the molecule is N#Cc1c[n+]([O-])c2[nH]ncc2c1Cl. The maximum Gasteiger partial charge on any atom is 0.313 e. The lowest BCUT2D eigenvalue weighted by molar-refractivity contribution is -0.579. The monoisotopic (exact) mass is 194 g/mol. The van der Waals surface area contributed by atoms with Gasteiger partial charge in [0.2, 0.25) is 0 Å². The molecule has 0 atom stereocenters. The number of H-pyrrole nitrogens is 1. The fraction of sp³-hybridized carbons (Fsp3) is 0. The van der Waals surface area contributed by atoms with E-state index < -0.39 is 0 Å². The molecule has 5 nitrogen and oxygen atoms in total. The Hall–Kier alpha value is -1.80. The van der Waals surface area contributed by atoms with Gasteiger partial charge in [-0.25, -0.2) is 4.73 Å². The summed E-state index contributed by atoms with van der Waals surface area (Å²) in [6.45, 7) is 0. The number of aromatic nitrogens is 3. The smallest absolute Gasteiger partial charge is 0.313 e. The number of halogens is 1. The average molecular weight is 195 g/mol. The van der Waals surface area contributed by atoms with Gasteiger partial charge >= 0.3 is 5.65 Å². The van der Waals surface area contributed by atoms with Crippen molar-refractivity contribution in [3.8, 4) is 6.07 Å². The summed E-state index contributed by atoms with van der Waals surface area (Å²) in [6.07, 6.45) is 2.52. The highest BCUT2D eigenvalue weighted by molar-refractivity contribution is 6.36. The highest BCUT2D eigenvalue weighted by Crippen LogP contribution is 2.22. The first-order chi connectivity index (χ1) is 6.24. The van der Waals surface area contributed by atoms with E-state index in [9.17, 15) is 5.21 Å². The molecule has 0 amide bonds. The highest BCUT2D eigenvalue weighted by Gasteiger charge is 2.13. The molecule has 0 aliphatic carbocycles. The number of aromatic amines is 1. The van der Waals surface area contributed by atoms with E-state index in [1.54, 1.807) is 0 Å². The van der Waals surface area contributed by atoms with Crippen LogP contribution in [0.2, 0.25) is 5.02 Å². The van der Waals surface area contributed by atoms with Gasteiger partial charge in [-0.05, 0) is 0 Å². The van der Waals surface area contributed by atoms with E-state index in [0.29, 0.717) is 10.1 Å². The zero-order valence-electron chi connectivity index (χ0n) is 6.28. The van der Waals surface area contributed by atoms with Crippen molar-refractivity contribution < 1.29 is 4.73 Å². The third kappa shape index (κ3) is 0.999. The quantitative estimate of drug-likeness (QED) is 0.496. The van der Waals surface area contributed by atoms with Crippen LogP contribution in [-0.2, 0) is 0 Å². The lowest BCUT2D eigenvalue weighted by Gasteiger charge is -2.02. The van der Waals surface area contributed by atoms with Crippen LogP contribution in [0.3, 0.4) is 0 Å². The second-order valence-corrected chi connectivity index (χ2v) is 2.80. The van der Waals surface area contributed by atoms with Crippen molar-refractivity contribution in [1.82, 2.24) is 10.2 Å². The molecule has 13 heavy (non-hydrogen) atoms. The lowest BCUT2D eigenvalue weighted by Crippen LogP contribution is -2.27. The molecule has 6 heteroatoms. The Kier molecular flexibility index (Phi) is 1.57. The fourth-order valence-electron chi connectivity index (χ4n) is 1.07. The molecule has 2 aromatic rings. The molecule has 0 spiro atoms. The van der Waals surface area contributed by atoms with Crippen LogP contribution in [0.25, 0.3) is 11.0 Å². The molecule has 2 heterocycles. The zero-order valence-corrected chi connectivity index (χ0v) is 7.04. The average Bonchev–Trinajstić information content (AvgIpc) is 2.60. The van der Waals surface area contributed by atoms with Gasteiger partial charge in [0.1, 0.15) is 23.2 Å². The van der Waals surface area contributed by atoms with Crippen molar-refractivity contribution in [2.24, 2.45) is 0 Å². The molecular weight excluding hydrogens is 192 g/mol. The van der Waals surface area contributed by atoms with Crippen LogP contribution in [0, 0.1) is 16.5 Å². The first kappa shape index (κ1) is 7.83. The molecular formula is C7H3ClN4O. The summed E-state index contributed by atoms with van der Waals surface area (Å²) in [6, 6.07) is 1.82. The van der Waals surface area contributed by atoms with Gasteiger partial charge in [-0.2, -0.15) is 5.26 Å². The minimum atomic E-state index is 0.144. The Balaban J connectivity index is 2.95. The molecule has 0 aliphatic rings. The van der Waals surface area contributed by atoms with E-state index in [1.807, 2.05) is 6.07 Å². The largest absolute Gasteiger partial charge is 0.710 e. The molecule has 0 unspecified atom stereocenters. The second-order valence-electron chi connectivity index (χ2n) is 2.43. The minimum absolute atomic E-state index is 0.144. The predicted molar refractivity (Wildman–Crippen MR) is 44.8 cm³/mol. The maximum absolute atomic E-state index is 11.2. The number of nitriles is 1. The summed E-state index contributed by atoms with van der Waals surface area (Å²) in [5.41, 5.74) is 0.398. The molecule has 2 aromatic heterocycles. The van der Waals surface area contributed by atoms with E-state index in [0.717, 1.165) is 6.20 Å². The first-order valence-corrected chi connectivity index (χ1v) is 3.76. The number of nitrogens with zero attached hydrogens (tertiary/aromatic N) is 3. The van der Waals surface area contributed by atoms with E-state index >= 15 is 0 Å². The molecule has 2 rings (SSSR count). The second kappa shape index (κ2) is 2.61. The summed E-state index contributed by atoms with van der Waals surface area (Å²) >= 11 is 5.82. The summed E-state index contributed by atoms with van der Waals surface area (Å²) in [4.78, 5) is 0. The minimum Gasteiger partial charge on any atom is -0.710 e. The molecule has 0 bridgehead atoms. The lowest BCUT2D eigenvalue weighted by atomic mass is 10.2. The topological polar surface area (TPSA) is 79.4 Å². The van der Waals surface area contributed by atoms with Gasteiger partial charge in [-0.1, -0.05) is 16.7 Å². The fourth-order valence-corrected chi connectivity index (χ4v) is 1.30. The number of rotatable bonds is 0. The van der Waals surface area contributed by atoms with Gasteiger partial charge < -0.3 is 5.21 Å². The molecule has 1 N–H and O–H groups in total. The maximum atomic E-state index is 11.2. The first-order valence-electron chi connectivity index (χ1n) is 3.39. The van der Waals surface area contributed by atoms with Crippen LogP contribution in [0.15, 0.2) is 12.4 Å². The summed E-state index contributed by atoms with van der Waals surface area (Å²) < 4.78 is 0.534. The number of hydrogen-bond donors (Lipinski definition) is 1. The van der Waals surface area contributed by atoms with Crippen LogP contribution in [-0.4, -0.2) is 10.2 Å². The van der Waals surface area contributed by atoms with Gasteiger partial charge in [-0.15, -0.1) is 5.10 Å². The Morgan fingerprint density at radius 3 is 3.15 bits per heavy atom. The zero-order chi connectivity index (χ0) is 9.42. The van der Waals surface area contributed by atoms with Crippen LogP contribution in [0.1, 0.15) is 5.56 Å². The predicted octanol–water partition coefficient (Wildman–Crippen LogP) is 0.721. The third-order valence-electron chi connectivity index (χ3n) is 1.68. The van der Waals surface area contributed by atoms with E-state index in [-0.39, 0.29) is 16.2 Å². The van der Waals surface area contributed by atoms with E-state index in [2.05, 4.69) is 10.2 Å². The van der Waals surface area contributed by atoms with Gasteiger partial charge in [0.25, 0.3) is 0 Å². The Morgan fingerprint density at radius 2 is 2.46 bits per heavy atom. The summed E-state index contributed by atoms with van der Waals surface area (Å²) in [5, 5.41) is 26.7. The van der Waals surface area contributed by atoms with Crippen molar-refractivity contribution in [2.75, 3.05) is 0 Å². The van der Waals surface area contributed by atoms with Crippen molar-refractivity contribution >= 4 is 22.6 Å². The van der Waals surface area contributed by atoms with Crippen LogP contribution >= 0.6 is 11.6 Å². The van der Waals surface area contributed by atoms with E-state index in [1.165, 1.54) is 6.20 Å². The molecule has 0 fully saturated rings. The van der Waals surface area contributed by atoms with Crippen molar-refractivity contribution in [3.63, 3.8) is 0 Å². The standard InChI is InChI=1S/C7H3ClN4O/c8-6-4(1-9)3-12(13)7-5(6)2-10-11-7/h2-3H,(H,10,11). The van der Waals surface area contributed by atoms with Gasteiger partial charge in [-0.3, -0.25) is 0 Å². The van der Waals surface area contributed by atoms with Crippen molar-refractivity contribution in [3.05, 3.63) is 28.2 Å². The number of pyridine rings is 1. The molecule has 0 aromatic carbocycles. The number of nitrogens with one attached hydrogen (secondary N) is 1. The Labute approximate surface area is 77.7 Å². The third-order valence-corrected chi connectivity index (χ3v) is 2.09. The molecule has 0 saturated heterocycles. The number of fused-ring (bicyclic) bond motifs is 1. The van der Waals surface area contributed by atoms with Crippen molar-refractivity contribution in [1.29, 1.82) is 5.26 Å². The van der Waals surface area contributed by atoms with Gasteiger partial charge in [0.15, 0.2) is 0 Å². The van der Waals surface area contributed by atoms with Gasteiger partial charge in [0, 0.05) is 0 Å². The van der Waals surface area contributed by atoms with Crippen molar-refractivity contribution in [2.45, 2.75) is 0 Å². The van der Waals surface area contributed by atoms with Crippen LogP contribution < -0.4 is 4.73 Å². The Bertz CT molecular complexity index is 513. The molecule has 0 radical (unpaired) electrons. The summed E-state index contributed by atoms with van der Waals surface area (Å²) in [7, 11) is 0. The normalized spacial score (nSPS) is 10.2. The molecule has 64 valence electrons. The number of hydrogen-bond acceptors (Lipinski definition) is 3. The van der Waals surface area contributed by atoms with Crippen LogP contribution in [0.4, 0.5) is 0 Å². The Morgan fingerprint density at radius 1 is 1.69 bits per heavy atom. The van der Waals surface area contributed by atoms with E-state index in [4.69, 9.17) is 16.9 Å². The highest BCUT2D eigenvalue weighted by atomic mass is 35.5. The van der Waals surface area contributed by atoms with Gasteiger partial charge in [0.05, 0.1) is 11.2 Å². The van der Waals surface area contributed by atoms with Crippen LogP contribution in [0.5, 0.6) is 0 Å². The molecule has 0 saturated carbocycles. The summed E-state index contributed by atoms with van der Waals surface area (Å²) in [5.74, 6) is 0.